The van der Waals surface area contributed by atoms with Gasteiger partial charge in [0.25, 0.3) is 0 Å². The smallest absolute Gasteiger partial charge is 0.407 e. The standard InChI is InChI=1S/C20H27N5O2/c1-5-15-12-17(24-18(22-15)14-6-9-21-10-7-14)25-11-8-16(13-25)23-19(26)27-20(2,3)4/h6-7,9-10,12,16H,5,8,11,13H2,1-4H3,(H,23,26). The zero-order valence-electron chi connectivity index (χ0n) is 16.4. The van der Waals surface area contributed by atoms with Gasteiger partial charge in [0.15, 0.2) is 5.82 Å². The van der Waals surface area contributed by atoms with Gasteiger partial charge >= 0.3 is 6.09 Å². The van der Waals surface area contributed by atoms with E-state index in [1.165, 1.54) is 0 Å². The predicted octanol–water partition coefficient (Wildman–Crippen LogP) is 3.20. The lowest BCUT2D eigenvalue weighted by Gasteiger charge is -2.22. The van der Waals surface area contributed by atoms with Gasteiger partial charge in [-0.25, -0.2) is 14.8 Å². The van der Waals surface area contributed by atoms with Crippen molar-refractivity contribution in [2.24, 2.45) is 0 Å². The molecular formula is C20H27N5O2. The van der Waals surface area contributed by atoms with Gasteiger partial charge in [0.05, 0.1) is 6.04 Å². The summed E-state index contributed by atoms with van der Waals surface area (Å²) in [7, 11) is 0. The number of rotatable bonds is 4. The quantitative estimate of drug-likeness (QED) is 0.891. The molecule has 1 atom stereocenters. The molecular weight excluding hydrogens is 342 g/mol. The summed E-state index contributed by atoms with van der Waals surface area (Å²) in [5, 5.41) is 2.96. The van der Waals surface area contributed by atoms with Crippen molar-refractivity contribution in [3.8, 4) is 11.4 Å². The van der Waals surface area contributed by atoms with Crippen LogP contribution in [0.1, 0.15) is 39.8 Å². The molecule has 3 rings (SSSR count). The van der Waals surface area contributed by atoms with Crippen LogP contribution in [-0.2, 0) is 11.2 Å². The molecule has 1 aliphatic heterocycles. The summed E-state index contributed by atoms with van der Waals surface area (Å²) < 4.78 is 5.35. The second-order valence-electron chi connectivity index (χ2n) is 7.71. The van der Waals surface area contributed by atoms with Gasteiger partial charge in [-0.15, -0.1) is 0 Å². The fraction of sp³-hybridized carbons (Fsp3) is 0.500. The fourth-order valence-electron chi connectivity index (χ4n) is 3.02. The Balaban J connectivity index is 1.72. The number of anilines is 1. The summed E-state index contributed by atoms with van der Waals surface area (Å²) >= 11 is 0. The van der Waals surface area contributed by atoms with Crippen LogP contribution in [0.2, 0.25) is 0 Å². The number of aryl methyl sites for hydroxylation is 1. The van der Waals surface area contributed by atoms with Gasteiger partial charge < -0.3 is 15.0 Å². The van der Waals surface area contributed by atoms with Gasteiger partial charge in [-0.3, -0.25) is 4.98 Å². The first-order valence-corrected chi connectivity index (χ1v) is 9.37. The van der Waals surface area contributed by atoms with E-state index >= 15 is 0 Å². The van der Waals surface area contributed by atoms with Crippen molar-refractivity contribution in [2.75, 3.05) is 18.0 Å². The highest BCUT2D eigenvalue weighted by atomic mass is 16.6. The lowest BCUT2D eigenvalue weighted by molar-refractivity contribution is 0.0509. The van der Waals surface area contributed by atoms with Crippen LogP contribution in [0.15, 0.2) is 30.6 Å². The summed E-state index contributed by atoms with van der Waals surface area (Å²) in [5.74, 6) is 1.59. The van der Waals surface area contributed by atoms with Crippen molar-refractivity contribution >= 4 is 11.9 Å². The Bertz CT molecular complexity index is 789. The number of pyridine rings is 1. The molecule has 1 aliphatic rings. The van der Waals surface area contributed by atoms with E-state index < -0.39 is 5.60 Å². The average molecular weight is 369 g/mol. The molecule has 1 amide bonds. The van der Waals surface area contributed by atoms with Crippen LogP contribution in [0, 0.1) is 0 Å². The Hall–Kier alpha value is -2.70. The fourth-order valence-corrected chi connectivity index (χ4v) is 3.02. The number of nitrogens with one attached hydrogen (secondary N) is 1. The lowest BCUT2D eigenvalue weighted by atomic mass is 10.2. The predicted molar refractivity (Wildman–Crippen MR) is 105 cm³/mol. The number of alkyl carbamates (subject to hydrolysis) is 1. The molecule has 0 bridgehead atoms. The third-order valence-corrected chi connectivity index (χ3v) is 4.30. The normalized spacial score (nSPS) is 17.0. The highest BCUT2D eigenvalue weighted by Gasteiger charge is 2.27. The molecule has 7 heteroatoms. The van der Waals surface area contributed by atoms with Crippen LogP contribution in [0.25, 0.3) is 11.4 Å². The second-order valence-corrected chi connectivity index (χ2v) is 7.71. The Morgan fingerprint density at radius 1 is 1.30 bits per heavy atom. The minimum atomic E-state index is -0.496. The summed E-state index contributed by atoms with van der Waals surface area (Å²) in [4.78, 5) is 27.7. The van der Waals surface area contributed by atoms with Crippen LogP contribution in [-0.4, -0.2) is 45.8 Å². The first-order valence-electron chi connectivity index (χ1n) is 9.37. The Kier molecular flexibility index (Phi) is 5.58. The van der Waals surface area contributed by atoms with E-state index in [0.717, 1.165) is 36.5 Å². The van der Waals surface area contributed by atoms with Gasteiger partial charge in [0.1, 0.15) is 11.4 Å². The maximum absolute atomic E-state index is 12.0. The van der Waals surface area contributed by atoms with Gasteiger partial charge in [0.2, 0.25) is 0 Å². The average Bonchev–Trinajstić information content (AvgIpc) is 3.08. The topological polar surface area (TPSA) is 80.2 Å². The van der Waals surface area contributed by atoms with Crippen molar-refractivity contribution in [3.63, 3.8) is 0 Å². The minimum absolute atomic E-state index is 0.0456. The van der Waals surface area contributed by atoms with Crippen LogP contribution >= 0.6 is 0 Å². The summed E-state index contributed by atoms with van der Waals surface area (Å²) in [6.07, 6.45) is 4.81. The van der Waals surface area contributed by atoms with E-state index in [1.54, 1.807) is 12.4 Å². The summed E-state index contributed by atoms with van der Waals surface area (Å²) in [6, 6.07) is 5.90. The maximum Gasteiger partial charge on any atom is 0.407 e. The van der Waals surface area contributed by atoms with E-state index in [4.69, 9.17) is 9.72 Å². The third-order valence-electron chi connectivity index (χ3n) is 4.30. The van der Waals surface area contributed by atoms with Gasteiger partial charge in [-0.05, 0) is 45.7 Å². The number of ether oxygens (including phenoxy) is 1. The highest BCUT2D eigenvalue weighted by molar-refractivity contribution is 5.68. The molecule has 2 aromatic heterocycles. The lowest BCUT2D eigenvalue weighted by Crippen LogP contribution is -2.40. The molecule has 1 saturated heterocycles. The molecule has 0 spiro atoms. The molecule has 7 nitrogen and oxygen atoms in total. The molecule has 27 heavy (non-hydrogen) atoms. The number of carbonyl (C=O) groups excluding carboxylic acids is 1. The van der Waals surface area contributed by atoms with E-state index in [-0.39, 0.29) is 12.1 Å². The van der Waals surface area contributed by atoms with Crippen molar-refractivity contribution in [1.29, 1.82) is 0 Å². The zero-order chi connectivity index (χ0) is 19.4. The first-order chi connectivity index (χ1) is 12.8. The number of hydrogen-bond donors (Lipinski definition) is 1. The van der Waals surface area contributed by atoms with Crippen LogP contribution in [0.4, 0.5) is 10.6 Å². The number of nitrogens with zero attached hydrogens (tertiary/aromatic N) is 4. The number of aromatic nitrogens is 3. The Labute approximate surface area is 160 Å². The largest absolute Gasteiger partial charge is 0.444 e. The number of amides is 1. The van der Waals surface area contributed by atoms with E-state index in [9.17, 15) is 4.79 Å². The SMILES string of the molecule is CCc1cc(N2CCC(NC(=O)OC(C)(C)C)C2)nc(-c2ccncc2)n1. The van der Waals surface area contributed by atoms with Gasteiger partial charge in [-0.2, -0.15) is 0 Å². The van der Waals surface area contributed by atoms with Crippen LogP contribution in [0.5, 0.6) is 0 Å². The Morgan fingerprint density at radius 2 is 2.04 bits per heavy atom. The maximum atomic E-state index is 12.0. The molecule has 0 aliphatic carbocycles. The van der Waals surface area contributed by atoms with Crippen LogP contribution in [0.3, 0.4) is 0 Å². The van der Waals surface area contributed by atoms with Gasteiger partial charge in [-0.1, -0.05) is 6.92 Å². The van der Waals surface area contributed by atoms with Crippen molar-refractivity contribution in [3.05, 3.63) is 36.3 Å². The van der Waals surface area contributed by atoms with Crippen molar-refractivity contribution in [1.82, 2.24) is 20.3 Å². The molecule has 0 radical (unpaired) electrons. The molecule has 1 unspecified atom stereocenters. The Morgan fingerprint density at radius 3 is 2.70 bits per heavy atom. The minimum Gasteiger partial charge on any atom is -0.444 e. The number of hydrogen-bond acceptors (Lipinski definition) is 6. The third kappa shape index (κ3) is 5.15. The molecule has 1 fully saturated rings. The van der Waals surface area contributed by atoms with E-state index in [2.05, 4.69) is 27.1 Å². The van der Waals surface area contributed by atoms with Gasteiger partial charge in [0, 0.05) is 42.8 Å². The molecule has 2 aromatic rings. The first kappa shape index (κ1) is 19.1. The molecule has 144 valence electrons. The summed E-state index contributed by atoms with van der Waals surface area (Å²) in [5.41, 5.74) is 1.45. The van der Waals surface area contributed by atoms with E-state index in [0.29, 0.717) is 12.4 Å². The van der Waals surface area contributed by atoms with Crippen LogP contribution < -0.4 is 10.2 Å². The molecule has 1 N–H and O–H groups in total. The molecule has 0 saturated carbocycles. The number of carbonyl (C=O) groups is 1. The summed E-state index contributed by atoms with van der Waals surface area (Å²) in [6.45, 7) is 9.20. The van der Waals surface area contributed by atoms with E-state index in [1.807, 2.05) is 39.0 Å². The molecule has 3 heterocycles. The molecule has 0 aromatic carbocycles. The monoisotopic (exact) mass is 369 g/mol. The van der Waals surface area contributed by atoms with Crippen molar-refractivity contribution < 1.29 is 9.53 Å². The zero-order valence-corrected chi connectivity index (χ0v) is 16.4. The highest BCUT2D eigenvalue weighted by Crippen LogP contribution is 2.23. The van der Waals surface area contributed by atoms with Crippen molar-refractivity contribution in [2.45, 2.75) is 52.2 Å². The second kappa shape index (κ2) is 7.90.